The van der Waals surface area contributed by atoms with Crippen molar-refractivity contribution in [1.82, 2.24) is 0 Å². The number of aromatic hydroxyl groups is 1. The first kappa shape index (κ1) is 13.8. The van der Waals surface area contributed by atoms with Crippen LogP contribution >= 0.6 is 15.9 Å². The molecule has 1 aliphatic rings. The van der Waals surface area contributed by atoms with E-state index in [-0.39, 0.29) is 11.7 Å². The van der Waals surface area contributed by atoms with Crippen molar-refractivity contribution in [2.45, 2.75) is 6.92 Å². The van der Waals surface area contributed by atoms with Gasteiger partial charge in [-0.2, -0.15) is 0 Å². The van der Waals surface area contributed by atoms with Gasteiger partial charge in [0.25, 0.3) is 5.91 Å². The number of rotatable bonds is 2. The highest BCUT2D eigenvalue weighted by atomic mass is 79.9. The molecule has 21 heavy (non-hydrogen) atoms. The highest BCUT2D eigenvalue weighted by Gasteiger charge is 2.32. The highest BCUT2D eigenvalue weighted by molar-refractivity contribution is 9.10. The Kier molecular flexibility index (Phi) is 3.51. The van der Waals surface area contributed by atoms with E-state index in [0.717, 1.165) is 15.7 Å². The zero-order chi connectivity index (χ0) is 15.0. The molecular formula is C16H13BrN2O2. The monoisotopic (exact) mass is 344 g/mol. The third-order valence-corrected chi connectivity index (χ3v) is 3.85. The van der Waals surface area contributed by atoms with E-state index in [1.165, 1.54) is 0 Å². The van der Waals surface area contributed by atoms with Crippen molar-refractivity contribution in [2.24, 2.45) is 4.99 Å². The summed E-state index contributed by atoms with van der Waals surface area (Å²) in [5.41, 5.74) is 2.77. The quantitative estimate of drug-likeness (QED) is 0.904. The average Bonchev–Trinajstić information content (AvgIpc) is 2.73. The normalized spacial score (nSPS) is 15.6. The van der Waals surface area contributed by atoms with Crippen LogP contribution in [0.15, 0.2) is 51.9 Å². The van der Waals surface area contributed by atoms with Crippen molar-refractivity contribution >= 4 is 38.9 Å². The molecule has 0 saturated carbocycles. The molecule has 2 aromatic carbocycles. The maximum Gasteiger partial charge on any atom is 0.277 e. The number of hydrogen-bond acceptors (Lipinski definition) is 3. The molecule has 0 aromatic heterocycles. The standard InChI is InChI=1S/C16H13BrN2O2/c1-2-19-14-8-3-10(17)9-13(14)15(16(19)21)18-11-4-6-12(20)7-5-11/h3-9,20H,2H2,1H3. The molecule has 0 spiro atoms. The first-order valence-electron chi connectivity index (χ1n) is 6.59. The lowest BCUT2D eigenvalue weighted by Crippen LogP contribution is -2.29. The third kappa shape index (κ3) is 2.45. The lowest BCUT2D eigenvalue weighted by Gasteiger charge is -2.13. The molecule has 1 amide bonds. The largest absolute Gasteiger partial charge is 0.508 e. The Morgan fingerprint density at radius 1 is 1.19 bits per heavy atom. The molecular weight excluding hydrogens is 332 g/mol. The lowest BCUT2D eigenvalue weighted by atomic mass is 10.1. The predicted octanol–water partition coefficient (Wildman–Crippen LogP) is 3.64. The Morgan fingerprint density at radius 2 is 1.90 bits per heavy atom. The Balaban J connectivity index is 2.13. The van der Waals surface area contributed by atoms with Gasteiger partial charge in [0.15, 0.2) is 0 Å². The van der Waals surface area contributed by atoms with Gasteiger partial charge in [-0.1, -0.05) is 15.9 Å². The fraction of sp³-hybridized carbons (Fsp3) is 0.125. The van der Waals surface area contributed by atoms with Crippen LogP contribution in [0.4, 0.5) is 11.4 Å². The number of phenolic OH excluding ortho intramolecular Hbond substituents is 1. The minimum atomic E-state index is -0.0984. The van der Waals surface area contributed by atoms with Crippen LogP contribution in [0.1, 0.15) is 12.5 Å². The number of hydrogen-bond donors (Lipinski definition) is 1. The number of carbonyl (C=O) groups is 1. The first-order chi connectivity index (χ1) is 10.1. The molecule has 0 fully saturated rings. The van der Waals surface area contributed by atoms with Gasteiger partial charge >= 0.3 is 0 Å². The fourth-order valence-electron chi connectivity index (χ4n) is 2.36. The van der Waals surface area contributed by atoms with Gasteiger partial charge < -0.3 is 10.0 Å². The summed E-state index contributed by atoms with van der Waals surface area (Å²) in [6.07, 6.45) is 0. The van der Waals surface area contributed by atoms with Crippen LogP contribution in [-0.2, 0) is 4.79 Å². The van der Waals surface area contributed by atoms with Gasteiger partial charge in [-0.15, -0.1) is 0 Å². The van der Waals surface area contributed by atoms with Gasteiger partial charge in [-0.05, 0) is 49.4 Å². The van der Waals surface area contributed by atoms with Gasteiger partial charge in [0, 0.05) is 16.6 Å². The van der Waals surface area contributed by atoms with Crippen molar-refractivity contribution in [3.63, 3.8) is 0 Å². The number of amides is 1. The number of carbonyl (C=O) groups excluding carboxylic acids is 1. The van der Waals surface area contributed by atoms with Crippen LogP contribution in [-0.4, -0.2) is 23.3 Å². The van der Waals surface area contributed by atoms with Crippen LogP contribution in [0.25, 0.3) is 0 Å². The van der Waals surface area contributed by atoms with Gasteiger partial charge in [0.05, 0.1) is 11.4 Å². The van der Waals surface area contributed by atoms with Crippen molar-refractivity contribution in [3.05, 3.63) is 52.5 Å². The fourth-order valence-corrected chi connectivity index (χ4v) is 2.73. The summed E-state index contributed by atoms with van der Waals surface area (Å²) < 4.78 is 0.908. The number of benzene rings is 2. The molecule has 5 heteroatoms. The number of halogens is 1. The lowest BCUT2D eigenvalue weighted by molar-refractivity contribution is -0.112. The van der Waals surface area contributed by atoms with E-state index in [2.05, 4.69) is 20.9 Å². The van der Waals surface area contributed by atoms with Gasteiger partial charge in [-0.25, -0.2) is 4.99 Å². The van der Waals surface area contributed by atoms with Crippen LogP contribution in [0.2, 0.25) is 0 Å². The minimum Gasteiger partial charge on any atom is -0.508 e. The Labute approximate surface area is 130 Å². The third-order valence-electron chi connectivity index (χ3n) is 3.36. The van der Waals surface area contributed by atoms with E-state index in [1.54, 1.807) is 29.2 Å². The Morgan fingerprint density at radius 3 is 2.57 bits per heavy atom. The summed E-state index contributed by atoms with van der Waals surface area (Å²) >= 11 is 3.43. The summed E-state index contributed by atoms with van der Waals surface area (Å²) in [4.78, 5) is 18.7. The van der Waals surface area contributed by atoms with Gasteiger partial charge in [0.2, 0.25) is 0 Å². The molecule has 0 aliphatic carbocycles. The predicted molar refractivity (Wildman–Crippen MR) is 86.5 cm³/mol. The zero-order valence-electron chi connectivity index (χ0n) is 11.4. The number of fused-ring (bicyclic) bond motifs is 1. The molecule has 0 atom stereocenters. The Bertz CT molecular complexity index is 738. The maximum atomic E-state index is 12.5. The topological polar surface area (TPSA) is 52.9 Å². The molecule has 2 aromatic rings. The summed E-state index contributed by atoms with van der Waals surface area (Å²) in [6, 6.07) is 12.2. The molecule has 0 bridgehead atoms. The van der Waals surface area contributed by atoms with Gasteiger partial charge in [-0.3, -0.25) is 4.79 Å². The van der Waals surface area contributed by atoms with Gasteiger partial charge in [0.1, 0.15) is 11.5 Å². The molecule has 0 radical (unpaired) electrons. The number of aliphatic imine (C=N–C) groups is 1. The van der Waals surface area contributed by atoms with E-state index in [9.17, 15) is 9.90 Å². The SMILES string of the molecule is CCN1C(=O)C(=Nc2ccc(O)cc2)c2cc(Br)ccc21. The summed E-state index contributed by atoms with van der Waals surface area (Å²) in [5, 5.41) is 9.31. The summed E-state index contributed by atoms with van der Waals surface area (Å²) in [5.74, 6) is 0.0775. The van der Waals surface area contributed by atoms with Crippen molar-refractivity contribution < 1.29 is 9.90 Å². The molecule has 3 rings (SSSR count). The number of likely N-dealkylation sites (N-methyl/N-ethyl adjacent to an activating group) is 1. The molecule has 1 aliphatic heterocycles. The molecule has 106 valence electrons. The van der Waals surface area contributed by atoms with Crippen molar-refractivity contribution in [1.29, 1.82) is 0 Å². The summed E-state index contributed by atoms with van der Waals surface area (Å²) in [7, 11) is 0. The van der Waals surface area contributed by atoms with E-state index in [1.807, 2.05) is 25.1 Å². The minimum absolute atomic E-state index is 0.0984. The average molecular weight is 345 g/mol. The van der Waals surface area contributed by atoms with Crippen molar-refractivity contribution in [2.75, 3.05) is 11.4 Å². The van der Waals surface area contributed by atoms with Crippen LogP contribution < -0.4 is 4.90 Å². The Hall–Kier alpha value is -2.14. The second-order valence-electron chi connectivity index (χ2n) is 4.69. The molecule has 0 saturated heterocycles. The van der Waals surface area contributed by atoms with Crippen LogP contribution in [0.3, 0.4) is 0 Å². The number of anilines is 1. The van der Waals surface area contributed by atoms with Crippen LogP contribution in [0, 0.1) is 0 Å². The van der Waals surface area contributed by atoms with E-state index < -0.39 is 0 Å². The van der Waals surface area contributed by atoms with Crippen molar-refractivity contribution in [3.8, 4) is 5.75 Å². The first-order valence-corrected chi connectivity index (χ1v) is 7.39. The molecule has 0 unspecified atom stereocenters. The van der Waals surface area contributed by atoms with E-state index in [0.29, 0.717) is 17.9 Å². The second-order valence-corrected chi connectivity index (χ2v) is 5.60. The summed E-state index contributed by atoms with van der Waals surface area (Å²) in [6.45, 7) is 2.54. The molecule has 1 N–H and O–H groups in total. The maximum absolute atomic E-state index is 12.5. The molecule has 4 nitrogen and oxygen atoms in total. The number of phenols is 1. The molecule has 1 heterocycles. The van der Waals surface area contributed by atoms with Crippen LogP contribution in [0.5, 0.6) is 5.75 Å². The smallest absolute Gasteiger partial charge is 0.277 e. The number of nitrogens with zero attached hydrogens (tertiary/aromatic N) is 2. The van der Waals surface area contributed by atoms with E-state index >= 15 is 0 Å². The second kappa shape index (κ2) is 5.33. The zero-order valence-corrected chi connectivity index (χ0v) is 13.0. The van der Waals surface area contributed by atoms with E-state index in [4.69, 9.17) is 0 Å². The highest BCUT2D eigenvalue weighted by Crippen LogP contribution is 2.33.